The average Bonchev–Trinajstić information content (AvgIpc) is 2.70. The molecule has 2 amide bonds. The number of hydrogen-bond acceptors (Lipinski definition) is 3. The molecule has 5 nitrogen and oxygen atoms in total. The minimum absolute atomic E-state index is 0.00421. The van der Waals surface area contributed by atoms with Gasteiger partial charge in [-0.15, -0.1) is 0 Å². The number of ketones is 1. The summed E-state index contributed by atoms with van der Waals surface area (Å²) in [6.45, 7) is 1.58. The van der Waals surface area contributed by atoms with E-state index in [-0.39, 0.29) is 18.4 Å². The number of likely N-dealkylation sites (N-methyl/N-ethyl adjacent to an activating group) is 2. The second kappa shape index (κ2) is 5.18. The number of benzene rings is 1. The molecule has 0 aliphatic carbocycles. The molecule has 0 saturated carbocycles. The van der Waals surface area contributed by atoms with Crippen molar-refractivity contribution in [3.05, 3.63) is 29.8 Å². The molecule has 1 aliphatic heterocycles. The third-order valence-corrected chi connectivity index (χ3v) is 3.05. The lowest BCUT2D eigenvalue weighted by atomic mass is 10.1. The first-order chi connectivity index (χ1) is 8.65. The summed E-state index contributed by atoms with van der Waals surface area (Å²) < 4.78 is 0. The van der Waals surface area contributed by atoms with Gasteiger partial charge < -0.3 is 10.2 Å². The first-order valence-corrected chi connectivity index (χ1v) is 5.94. The van der Waals surface area contributed by atoms with E-state index in [9.17, 15) is 9.59 Å². The highest BCUT2D eigenvalue weighted by Crippen LogP contribution is 2.24. The zero-order valence-electron chi connectivity index (χ0n) is 10.6. The minimum atomic E-state index is -0.0558. The van der Waals surface area contributed by atoms with Crippen LogP contribution in [0.2, 0.25) is 0 Å². The van der Waals surface area contributed by atoms with Crippen LogP contribution in [0.5, 0.6) is 0 Å². The van der Waals surface area contributed by atoms with Crippen LogP contribution in [0.4, 0.5) is 10.5 Å². The maximum absolute atomic E-state index is 12.0. The zero-order valence-corrected chi connectivity index (χ0v) is 10.6. The highest BCUT2D eigenvalue weighted by atomic mass is 16.2. The van der Waals surface area contributed by atoms with Crippen LogP contribution in [0.15, 0.2) is 24.3 Å². The fourth-order valence-corrected chi connectivity index (χ4v) is 2.07. The van der Waals surface area contributed by atoms with Gasteiger partial charge in [-0.2, -0.15) is 0 Å². The van der Waals surface area contributed by atoms with Crippen molar-refractivity contribution in [1.82, 2.24) is 10.2 Å². The maximum Gasteiger partial charge on any atom is 0.324 e. The van der Waals surface area contributed by atoms with E-state index in [1.807, 2.05) is 18.2 Å². The van der Waals surface area contributed by atoms with Gasteiger partial charge in [0.25, 0.3) is 0 Å². The topological polar surface area (TPSA) is 52.7 Å². The van der Waals surface area contributed by atoms with Crippen LogP contribution in [-0.4, -0.2) is 50.4 Å². The van der Waals surface area contributed by atoms with Crippen LogP contribution in [0.1, 0.15) is 10.4 Å². The van der Waals surface area contributed by atoms with Gasteiger partial charge in [-0.1, -0.05) is 12.1 Å². The van der Waals surface area contributed by atoms with Crippen molar-refractivity contribution in [2.75, 3.05) is 38.6 Å². The molecular weight excluding hydrogens is 230 g/mol. The lowest BCUT2D eigenvalue weighted by Crippen LogP contribution is -2.31. The normalized spacial score (nSPS) is 15.3. The molecule has 0 radical (unpaired) electrons. The number of amides is 2. The summed E-state index contributed by atoms with van der Waals surface area (Å²) in [7, 11) is 3.50. The summed E-state index contributed by atoms with van der Waals surface area (Å²) in [5.74, 6) is -0.00421. The van der Waals surface area contributed by atoms with Crippen LogP contribution in [0, 0.1) is 0 Å². The third-order valence-electron chi connectivity index (χ3n) is 3.05. The molecule has 1 aromatic rings. The van der Waals surface area contributed by atoms with Crippen LogP contribution in [-0.2, 0) is 0 Å². The molecule has 0 atom stereocenters. The van der Waals surface area contributed by atoms with Gasteiger partial charge >= 0.3 is 6.03 Å². The van der Waals surface area contributed by atoms with E-state index in [2.05, 4.69) is 5.32 Å². The summed E-state index contributed by atoms with van der Waals surface area (Å²) in [6.07, 6.45) is 0. The van der Waals surface area contributed by atoms with E-state index in [1.165, 1.54) is 0 Å². The summed E-state index contributed by atoms with van der Waals surface area (Å²) in [5.41, 5.74) is 1.29. The molecule has 96 valence electrons. The third kappa shape index (κ3) is 2.22. The quantitative estimate of drug-likeness (QED) is 0.806. The lowest BCUT2D eigenvalue weighted by molar-refractivity contribution is 0.0994. The smallest absolute Gasteiger partial charge is 0.324 e. The first-order valence-electron chi connectivity index (χ1n) is 5.94. The van der Waals surface area contributed by atoms with Gasteiger partial charge in [0.1, 0.15) is 0 Å². The SMILES string of the molecule is CNCC(=O)c1ccccc1N1CCN(C)C1=O. The van der Waals surface area contributed by atoms with Crippen LogP contribution in [0.3, 0.4) is 0 Å². The van der Waals surface area contributed by atoms with Gasteiger partial charge in [-0.05, 0) is 19.2 Å². The molecule has 0 spiro atoms. The van der Waals surface area contributed by atoms with Crippen LogP contribution < -0.4 is 10.2 Å². The van der Waals surface area contributed by atoms with Gasteiger partial charge in [0, 0.05) is 25.7 Å². The van der Waals surface area contributed by atoms with E-state index in [1.54, 1.807) is 30.0 Å². The van der Waals surface area contributed by atoms with Gasteiger partial charge in [0.2, 0.25) is 0 Å². The van der Waals surface area contributed by atoms with E-state index in [4.69, 9.17) is 0 Å². The summed E-state index contributed by atoms with van der Waals surface area (Å²) >= 11 is 0. The van der Waals surface area contributed by atoms with Gasteiger partial charge in [-0.3, -0.25) is 9.69 Å². The molecule has 1 aliphatic rings. The second-order valence-corrected chi connectivity index (χ2v) is 4.33. The fourth-order valence-electron chi connectivity index (χ4n) is 2.07. The van der Waals surface area contributed by atoms with Crippen molar-refractivity contribution in [2.45, 2.75) is 0 Å². The fraction of sp³-hybridized carbons (Fsp3) is 0.385. The number of anilines is 1. The van der Waals surface area contributed by atoms with Gasteiger partial charge in [-0.25, -0.2) is 4.79 Å². The highest BCUT2D eigenvalue weighted by molar-refractivity contribution is 6.06. The molecule has 1 aromatic carbocycles. The molecule has 0 aromatic heterocycles. The number of carbonyl (C=O) groups excluding carboxylic acids is 2. The van der Waals surface area contributed by atoms with Crippen molar-refractivity contribution in [3.8, 4) is 0 Å². The molecular formula is C13H17N3O2. The molecule has 1 N–H and O–H groups in total. The Kier molecular flexibility index (Phi) is 3.62. The van der Waals surface area contributed by atoms with E-state index < -0.39 is 0 Å². The largest absolute Gasteiger partial charge is 0.326 e. The first kappa shape index (κ1) is 12.6. The van der Waals surface area contributed by atoms with Crippen molar-refractivity contribution < 1.29 is 9.59 Å². The molecule has 5 heteroatoms. The number of Topliss-reactive ketones (excluding diaryl/α,β-unsaturated/α-hetero) is 1. The van der Waals surface area contributed by atoms with Crippen molar-refractivity contribution in [3.63, 3.8) is 0 Å². The summed E-state index contributed by atoms with van der Waals surface area (Å²) in [6, 6.07) is 7.19. The Morgan fingerprint density at radius 2 is 2.06 bits per heavy atom. The predicted octanol–water partition coefficient (Wildman–Crippen LogP) is 0.961. The van der Waals surface area contributed by atoms with Crippen molar-refractivity contribution >= 4 is 17.5 Å². The molecule has 1 saturated heterocycles. The van der Waals surface area contributed by atoms with Gasteiger partial charge in [0.05, 0.1) is 12.2 Å². The second-order valence-electron chi connectivity index (χ2n) is 4.33. The Hall–Kier alpha value is -1.88. The van der Waals surface area contributed by atoms with E-state index in [0.717, 1.165) is 0 Å². The van der Waals surface area contributed by atoms with E-state index in [0.29, 0.717) is 24.3 Å². The Morgan fingerprint density at radius 3 is 2.67 bits per heavy atom. The van der Waals surface area contributed by atoms with Crippen molar-refractivity contribution in [2.24, 2.45) is 0 Å². The number of para-hydroxylation sites is 1. The monoisotopic (exact) mass is 247 g/mol. The number of carbonyl (C=O) groups is 2. The predicted molar refractivity (Wildman–Crippen MR) is 70.1 cm³/mol. The summed E-state index contributed by atoms with van der Waals surface area (Å²) in [5, 5.41) is 2.84. The Bertz CT molecular complexity index is 473. The molecule has 0 bridgehead atoms. The average molecular weight is 247 g/mol. The van der Waals surface area contributed by atoms with Crippen molar-refractivity contribution in [1.29, 1.82) is 0 Å². The molecule has 0 unspecified atom stereocenters. The Balaban J connectivity index is 2.33. The molecule has 1 fully saturated rings. The minimum Gasteiger partial charge on any atom is -0.326 e. The number of hydrogen-bond donors (Lipinski definition) is 1. The molecule has 18 heavy (non-hydrogen) atoms. The summed E-state index contributed by atoms with van der Waals surface area (Å²) in [4.78, 5) is 27.3. The highest BCUT2D eigenvalue weighted by Gasteiger charge is 2.29. The van der Waals surface area contributed by atoms with Crippen LogP contribution in [0.25, 0.3) is 0 Å². The number of rotatable bonds is 4. The van der Waals surface area contributed by atoms with Crippen LogP contribution >= 0.6 is 0 Å². The molecule has 2 rings (SSSR count). The number of nitrogens with one attached hydrogen (secondary N) is 1. The van der Waals surface area contributed by atoms with Gasteiger partial charge in [0.15, 0.2) is 5.78 Å². The molecule has 1 heterocycles. The zero-order chi connectivity index (χ0) is 13.1. The number of nitrogens with zero attached hydrogens (tertiary/aromatic N) is 2. The Labute approximate surface area is 106 Å². The van der Waals surface area contributed by atoms with E-state index >= 15 is 0 Å². The standard InChI is InChI=1S/C13H17N3O2/c1-14-9-12(17)10-5-3-4-6-11(10)16-8-7-15(2)13(16)18/h3-6,14H,7-9H2,1-2H3. The Morgan fingerprint density at radius 1 is 1.33 bits per heavy atom. The number of urea groups is 1. The lowest BCUT2D eigenvalue weighted by Gasteiger charge is -2.19. The maximum atomic E-state index is 12.0.